The zero-order chi connectivity index (χ0) is 19.7. The molecule has 0 unspecified atom stereocenters. The predicted molar refractivity (Wildman–Crippen MR) is 110 cm³/mol. The van der Waals surface area contributed by atoms with E-state index in [1.54, 1.807) is 12.1 Å². The summed E-state index contributed by atoms with van der Waals surface area (Å²) in [6, 6.07) is 15.5. The van der Waals surface area contributed by atoms with E-state index in [4.69, 9.17) is 11.6 Å². The molecule has 1 aliphatic heterocycles. The average molecular weight is 437 g/mol. The Hall–Kier alpha value is -2.20. The summed E-state index contributed by atoms with van der Waals surface area (Å²) in [5, 5.41) is 4.46. The first-order valence-corrected chi connectivity index (χ1v) is 11.2. The lowest BCUT2D eigenvalue weighted by atomic mass is 10.3. The first-order chi connectivity index (χ1) is 13.4. The van der Waals surface area contributed by atoms with Gasteiger partial charge in [0.1, 0.15) is 10.0 Å². The van der Waals surface area contributed by atoms with Crippen molar-refractivity contribution >= 4 is 38.8 Å². The van der Waals surface area contributed by atoms with Gasteiger partial charge in [0.15, 0.2) is 0 Å². The van der Waals surface area contributed by atoms with Gasteiger partial charge in [0.25, 0.3) is 15.6 Å². The van der Waals surface area contributed by atoms with Crippen molar-refractivity contribution in [2.24, 2.45) is 0 Å². The van der Waals surface area contributed by atoms with Gasteiger partial charge in [0.2, 0.25) is 0 Å². The molecule has 0 radical (unpaired) electrons. The molecule has 146 valence electrons. The van der Waals surface area contributed by atoms with E-state index in [1.807, 2.05) is 35.2 Å². The molecule has 1 saturated heterocycles. The van der Waals surface area contributed by atoms with E-state index in [0.29, 0.717) is 42.0 Å². The fourth-order valence-corrected chi connectivity index (χ4v) is 6.10. The first-order valence-electron chi connectivity index (χ1n) is 8.61. The van der Waals surface area contributed by atoms with Crippen LogP contribution in [0.2, 0.25) is 4.34 Å². The number of benzene rings is 1. The molecular formula is C18H17ClN4O3S2. The Balaban J connectivity index is 1.52. The van der Waals surface area contributed by atoms with Crippen molar-refractivity contribution in [2.45, 2.75) is 4.21 Å². The second kappa shape index (κ2) is 7.67. The summed E-state index contributed by atoms with van der Waals surface area (Å²) in [4.78, 5) is 14.2. The summed E-state index contributed by atoms with van der Waals surface area (Å²) in [5.74, 6) is 0.639. The highest BCUT2D eigenvalue weighted by Crippen LogP contribution is 2.29. The molecule has 0 atom stereocenters. The lowest BCUT2D eigenvalue weighted by Crippen LogP contribution is -2.49. The molecule has 28 heavy (non-hydrogen) atoms. The van der Waals surface area contributed by atoms with E-state index in [9.17, 15) is 13.2 Å². The van der Waals surface area contributed by atoms with Crippen LogP contribution in [0.5, 0.6) is 0 Å². The number of piperazine rings is 1. The Kier molecular flexibility index (Phi) is 5.24. The SMILES string of the molecule is O=c1ccc(N2CCN(S(=O)(=O)c3ccc(Cl)s3)CC2)nn1-c1ccccc1. The van der Waals surface area contributed by atoms with Crippen LogP contribution in [-0.4, -0.2) is 48.7 Å². The van der Waals surface area contributed by atoms with Crippen molar-refractivity contribution in [1.29, 1.82) is 0 Å². The molecule has 1 aliphatic rings. The van der Waals surface area contributed by atoms with Crippen LogP contribution < -0.4 is 10.5 Å². The Morgan fingerprint density at radius 1 is 0.929 bits per heavy atom. The topological polar surface area (TPSA) is 75.5 Å². The van der Waals surface area contributed by atoms with Crippen LogP contribution >= 0.6 is 22.9 Å². The van der Waals surface area contributed by atoms with Crippen molar-refractivity contribution < 1.29 is 8.42 Å². The third-order valence-electron chi connectivity index (χ3n) is 4.49. The molecule has 3 heterocycles. The van der Waals surface area contributed by atoms with E-state index in [-0.39, 0.29) is 9.77 Å². The highest BCUT2D eigenvalue weighted by atomic mass is 35.5. The van der Waals surface area contributed by atoms with E-state index in [1.165, 1.54) is 21.1 Å². The number of sulfonamides is 1. The highest BCUT2D eigenvalue weighted by Gasteiger charge is 2.30. The highest BCUT2D eigenvalue weighted by molar-refractivity contribution is 7.91. The number of aromatic nitrogens is 2. The predicted octanol–water partition coefficient (Wildman–Crippen LogP) is 2.46. The molecule has 4 rings (SSSR count). The second-order valence-corrected chi connectivity index (χ2v) is 10.1. The molecule has 0 spiro atoms. The van der Waals surface area contributed by atoms with E-state index >= 15 is 0 Å². The van der Waals surface area contributed by atoms with Crippen molar-refractivity contribution in [2.75, 3.05) is 31.1 Å². The van der Waals surface area contributed by atoms with Crippen LogP contribution in [0.25, 0.3) is 5.69 Å². The molecule has 7 nitrogen and oxygen atoms in total. The summed E-state index contributed by atoms with van der Waals surface area (Å²) < 4.78 is 29.0. The molecule has 0 N–H and O–H groups in total. The normalized spacial score (nSPS) is 15.7. The van der Waals surface area contributed by atoms with Crippen LogP contribution in [0.4, 0.5) is 5.82 Å². The zero-order valence-electron chi connectivity index (χ0n) is 14.7. The molecule has 2 aromatic heterocycles. The van der Waals surface area contributed by atoms with E-state index in [2.05, 4.69) is 5.10 Å². The number of hydrogen-bond donors (Lipinski definition) is 0. The van der Waals surface area contributed by atoms with Crippen LogP contribution in [0.15, 0.2) is 63.6 Å². The Bertz CT molecular complexity index is 1140. The standard InChI is InChI=1S/C18H17ClN4O3S2/c19-15-6-9-18(27-15)28(25,26)22-12-10-21(11-13-22)16-7-8-17(24)23(20-16)14-4-2-1-3-5-14/h1-9H,10-13H2. The summed E-state index contributed by atoms with van der Waals surface area (Å²) in [6.07, 6.45) is 0. The largest absolute Gasteiger partial charge is 0.353 e. The maximum atomic E-state index is 12.7. The van der Waals surface area contributed by atoms with Crippen molar-refractivity contribution in [3.05, 3.63) is 69.3 Å². The van der Waals surface area contributed by atoms with Gasteiger partial charge in [-0.25, -0.2) is 8.42 Å². The maximum absolute atomic E-state index is 12.7. The molecule has 10 heteroatoms. The number of thiophene rings is 1. The molecule has 0 aliphatic carbocycles. The lowest BCUT2D eigenvalue weighted by Gasteiger charge is -2.34. The molecule has 1 fully saturated rings. The molecule has 0 amide bonds. The second-order valence-electron chi connectivity index (χ2n) is 6.23. The van der Waals surface area contributed by atoms with Crippen LogP contribution in [-0.2, 0) is 10.0 Å². The Labute approximate surface area is 171 Å². The molecule has 0 saturated carbocycles. The molecular weight excluding hydrogens is 420 g/mol. The maximum Gasteiger partial charge on any atom is 0.271 e. The zero-order valence-corrected chi connectivity index (χ0v) is 17.1. The Morgan fingerprint density at radius 3 is 2.29 bits per heavy atom. The van der Waals surface area contributed by atoms with Crippen molar-refractivity contribution in [1.82, 2.24) is 14.1 Å². The fraction of sp³-hybridized carbons (Fsp3) is 0.222. The van der Waals surface area contributed by atoms with Gasteiger partial charge in [-0.05, 0) is 30.3 Å². The van der Waals surface area contributed by atoms with Crippen LogP contribution in [0, 0.1) is 0 Å². The number of anilines is 1. The van der Waals surface area contributed by atoms with Gasteiger partial charge >= 0.3 is 0 Å². The first kappa shape index (κ1) is 19.1. The smallest absolute Gasteiger partial charge is 0.271 e. The van der Waals surface area contributed by atoms with Crippen LogP contribution in [0.3, 0.4) is 0 Å². The third kappa shape index (κ3) is 3.70. The van der Waals surface area contributed by atoms with Gasteiger partial charge in [0, 0.05) is 32.2 Å². The quantitative estimate of drug-likeness (QED) is 0.628. The summed E-state index contributed by atoms with van der Waals surface area (Å²) >= 11 is 6.94. The van der Waals surface area contributed by atoms with Gasteiger partial charge < -0.3 is 4.90 Å². The minimum Gasteiger partial charge on any atom is -0.353 e. The van der Waals surface area contributed by atoms with Crippen molar-refractivity contribution in [3.8, 4) is 5.69 Å². The fourth-order valence-electron chi connectivity index (χ4n) is 3.05. The lowest BCUT2D eigenvalue weighted by molar-refractivity contribution is 0.384. The van der Waals surface area contributed by atoms with E-state index in [0.717, 1.165) is 11.3 Å². The van der Waals surface area contributed by atoms with Gasteiger partial charge in [-0.3, -0.25) is 4.79 Å². The van der Waals surface area contributed by atoms with Gasteiger partial charge in [0.05, 0.1) is 10.0 Å². The summed E-state index contributed by atoms with van der Waals surface area (Å²) in [7, 11) is -3.54. The molecule has 3 aromatic rings. The van der Waals surface area contributed by atoms with Crippen LogP contribution in [0.1, 0.15) is 0 Å². The summed E-state index contributed by atoms with van der Waals surface area (Å²) in [6.45, 7) is 1.64. The summed E-state index contributed by atoms with van der Waals surface area (Å²) in [5.41, 5.74) is 0.468. The number of rotatable bonds is 4. The molecule has 0 bridgehead atoms. The third-order valence-corrected chi connectivity index (χ3v) is 8.09. The number of para-hydroxylation sites is 1. The van der Waals surface area contributed by atoms with Gasteiger partial charge in [-0.2, -0.15) is 8.99 Å². The van der Waals surface area contributed by atoms with Gasteiger partial charge in [-0.1, -0.05) is 29.8 Å². The monoisotopic (exact) mass is 436 g/mol. The Morgan fingerprint density at radius 2 is 1.64 bits per heavy atom. The minimum atomic E-state index is -3.54. The minimum absolute atomic E-state index is 0.217. The van der Waals surface area contributed by atoms with E-state index < -0.39 is 10.0 Å². The van der Waals surface area contributed by atoms with Gasteiger partial charge in [-0.15, -0.1) is 16.4 Å². The molecule has 1 aromatic carbocycles. The number of halogens is 1. The number of hydrogen-bond acceptors (Lipinski definition) is 6. The van der Waals surface area contributed by atoms with Crippen molar-refractivity contribution in [3.63, 3.8) is 0 Å². The number of nitrogens with zero attached hydrogens (tertiary/aromatic N) is 4. The average Bonchev–Trinajstić information content (AvgIpc) is 3.16.